The van der Waals surface area contributed by atoms with Crippen LogP contribution in [0.5, 0.6) is 0 Å². The lowest BCUT2D eigenvalue weighted by atomic mass is 9.99. The number of para-hydroxylation sites is 1. The topological polar surface area (TPSA) is 51.8 Å². The van der Waals surface area contributed by atoms with Crippen molar-refractivity contribution in [2.75, 3.05) is 0 Å². The van der Waals surface area contributed by atoms with Crippen LogP contribution in [0.4, 0.5) is 0 Å². The Labute approximate surface area is 256 Å². The summed E-state index contributed by atoms with van der Waals surface area (Å²) in [6.45, 7) is 0. The molecule has 6 aromatic carbocycles. The molecule has 4 nitrogen and oxygen atoms in total. The molecule has 206 valence electrons. The van der Waals surface area contributed by atoms with Crippen molar-refractivity contribution in [3.63, 3.8) is 0 Å². The number of hydrogen-bond donors (Lipinski definition) is 0. The van der Waals surface area contributed by atoms with Crippen LogP contribution in [0.3, 0.4) is 0 Å². The highest BCUT2D eigenvalue weighted by Gasteiger charge is 2.20. The van der Waals surface area contributed by atoms with Gasteiger partial charge in [0.1, 0.15) is 11.2 Å². The first kappa shape index (κ1) is 24.9. The molecule has 0 aliphatic carbocycles. The Morgan fingerprint density at radius 1 is 0.432 bits per heavy atom. The molecule has 9 aromatic rings. The van der Waals surface area contributed by atoms with Crippen molar-refractivity contribution in [2.24, 2.45) is 0 Å². The van der Waals surface area contributed by atoms with Crippen LogP contribution in [0, 0.1) is 0 Å². The van der Waals surface area contributed by atoms with Gasteiger partial charge in [-0.05, 0) is 35.4 Å². The minimum absolute atomic E-state index is 0.581. The summed E-state index contributed by atoms with van der Waals surface area (Å²) in [5.74, 6) is 1.85. The number of rotatable bonds is 4. The van der Waals surface area contributed by atoms with Gasteiger partial charge in [0.2, 0.25) is 0 Å². The molecule has 44 heavy (non-hydrogen) atoms. The Hall–Kier alpha value is -5.65. The fourth-order valence-electron chi connectivity index (χ4n) is 6.14. The number of hydrogen-bond acceptors (Lipinski definition) is 5. The van der Waals surface area contributed by atoms with Crippen LogP contribution in [0.25, 0.3) is 87.4 Å². The molecule has 0 spiro atoms. The normalized spacial score (nSPS) is 11.6. The smallest absolute Gasteiger partial charge is 0.167 e. The van der Waals surface area contributed by atoms with E-state index in [-0.39, 0.29) is 0 Å². The molecule has 0 saturated carbocycles. The Kier molecular flexibility index (Phi) is 5.64. The highest BCUT2D eigenvalue weighted by Crippen LogP contribution is 2.42. The standard InChI is InChI=1S/C39H23N3OS/c1-3-12-24(13-4-1)26-17-11-22-32-34(26)29-19-10-20-30(35(29)43-32)38-40-37(25-14-5-2-6-15-25)41-39(42-38)31-21-9-18-28-27-16-7-8-23-33(27)44-36(28)31/h1-23H. The number of thiophene rings is 1. The van der Waals surface area contributed by atoms with Crippen LogP contribution in [-0.2, 0) is 0 Å². The van der Waals surface area contributed by atoms with Crippen molar-refractivity contribution in [2.45, 2.75) is 0 Å². The van der Waals surface area contributed by atoms with E-state index in [2.05, 4.69) is 84.9 Å². The van der Waals surface area contributed by atoms with Crippen LogP contribution in [0.1, 0.15) is 0 Å². The first-order chi connectivity index (χ1) is 21.8. The zero-order valence-electron chi connectivity index (χ0n) is 23.4. The number of fused-ring (bicyclic) bond motifs is 6. The number of aromatic nitrogens is 3. The average Bonchev–Trinajstić information content (AvgIpc) is 3.67. The van der Waals surface area contributed by atoms with Gasteiger partial charge in [-0.15, -0.1) is 11.3 Å². The average molecular weight is 582 g/mol. The minimum atomic E-state index is 0.581. The van der Waals surface area contributed by atoms with Gasteiger partial charge in [-0.25, -0.2) is 15.0 Å². The molecule has 0 fully saturated rings. The fraction of sp³-hybridized carbons (Fsp3) is 0. The fourth-order valence-corrected chi connectivity index (χ4v) is 7.35. The molecule has 0 aliphatic heterocycles. The first-order valence-electron chi connectivity index (χ1n) is 14.5. The summed E-state index contributed by atoms with van der Waals surface area (Å²) < 4.78 is 9.01. The van der Waals surface area contributed by atoms with E-state index >= 15 is 0 Å². The summed E-state index contributed by atoms with van der Waals surface area (Å²) in [5, 5.41) is 4.57. The van der Waals surface area contributed by atoms with Gasteiger partial charge in [0.25, 0.3) is 0 Å². The highest BCUT2D eigenvalue weighted by atomic mass is 32.1. The molecule has 0 aliphatic rings. The molecule has 0 N–H and O–H groups in total. The molecular formula is C39H23N3OS. The number of furan rings is 1. The maximum absolute atomic E-state index is 6.60. The predicted octanol–water partition coefficient (Wildman–Crippen LogP) is 10.8. The van der Waals surface area contributed by atoms with Crippen molar-refractivity contribution in [3.05, 3.63) is 140 Å². The van der Waals surface area contributed by atoms with E-state index < -0.39 is 0 Å². The molecule has 3 heterocycles. The van der Waals surface area contributed by atoms with Gasteiger partial charge in [0.05, 0.1) is 5.56 Å². The molecule has 9 rings (SSSR count). The lowest BCUT2D eigenvalue weighted by Gasteiger charge is -2.09. The van der Waals surface area contributed by atoms with Crippen molar-refractivity contribution in [1.29, 1.82) is 0 Å². The van der Waals surface area contributed by atoms with Gasteiger partial charge in [0, 0.05) is 42.1 Å². The highest BCUT2D eigenvalue weighted by molar-refractivity contribution is 7.26. The van der Waals surface area contributed by atoms with Crippen molar-refractivity contribution in [1.82, 2.24) is 15.0 Å². The van der Waals surface area contributed by atoms with Gasteiger partial charge in [-0.3, -0.25) is 0 Å². The van der Waals surface area contributed by atoms with E-state index in [0.29, 0.717) is 17.5 Å². The minimum Gasteiger partial charge on any atom is -0.455 e. The lowest BCUT2D eigenvalue weighted by molar-refractivity contribution is 0.669. The Balaban J connectivity index is 1.31. The number of benzene rings is 6. The second-order valence-corrected chi connectivity index (χ2v) is 11.8. The monoisotopic (exact) mass is 581 g/mol. The van der Waals surface area contributed by atoms with Gasteiger partial charge >= 0.3 is 0 Å². The second-order valence-electron chi connectivity index (χ2n) is 10.8. The summed E-state index contributed by atoms with van der Waals surface area (Å²) in [7, 11) is 0. The molecular weight excluding hydrogens is 559 g/mol. The van der Waals surface area contributed by atoms with Gasteiger partial charge in [-0.1, -0.05) is 115 Å². The Morgan fingerprint density at radius 3 is 1.84 bits per heavy atom. The van der Waals surface area contributed by atoms with E-state index in [4.69, 9.17) is 19.4 Å². The van der Waals surface area contributed by atoms with Crippen molar-refractivity contribution < 1.29 is 4.42 Å². The van der Waals surface area contributed by atoms with E-state index in [1.165, 1.54) is 20.2 Å². The molecule has 0 saturated heterocycles. The third kappa shape index (κ3) is 3.94. The third-order valence-corrected chi connectivity index (χ3v) is 9.38. The summed E-state index contributed by atoms with van der Waals surface area (Å²) in [5.41, 5.74) is 6.65. The van der Waals surface area contributed by atoms with Gasteiger partial charge in [-0.2, -0.15) is 0 Å². The van der Waals surface area contributed by atoms with Crippen LogP contribution >= 0.6 is 11.3 Å². The zero-order valence-corrected chi connectivity index (χ0v) is 24.3. The molecule has 0 radical (unpaired) electrons. The lowest BCUT2D eigenvalue weighted by Crippen LogP contribution is -2.00. The van der Waals surface area contributed by atoms with Crippen LogP contribution < -0.4 is 0 Å². The third-order valence-electron chi connectivity index (χ3n) is 8.16. The van der Waals surface area contributed by atoms with Crippen LogP contribution in [0.15, 0.2) is 144 Å². The maximum atomic E-state index is 6.60. The second kappa shape index (κ2) is 9.97. The SMILES string of the molecule is c1ccc(-c2nc(-c3cccc4c3oc3cccc(-c5ccccc5)c34)nc(-c3cccc4c3sc3ccccc34)n2)cc1. The largest absolute Gasteiger partial charge is 0.455 e. The van der Waals surface area contributed by atoms with Gasteiger partial charge < -0.3 is 4.42 Å². The van der Waals surface area contributed by atoms with E-state index in [0.717, 1.165) is 49.8 Å². The summed E-state index contributed by atoms with van der Waals surface area (Å²) in [4.78, 5) is 15.2. The first-order valence-corrected chi connectivity index (χ1v) is 15.4. The van der Waals surface area contributed by atoms with E-state index in [1.807, 2.05) is 54.6 Å². The molecule has 0 amide bonds. The summed E-state index contributed by atoms with van der Waals surface area (Å²) >= 11 is 1.77. The van der Waals surface area contributed by atoms with Crippen LogP contribution in [-0.4, -0.2) is 15.0 Å². The van der Waals surface area contributed by atoms with Crippen molar-refractivity contribution >= 4 is 53.4 Å². The Bertz CT molecular complexity index is 2500. The summed E-state index contributed by atoms with van der Waals surface area (Å²) in [6.07, 6.45) is 0. The molecule has 3 aromatic heterocycles. The van der Waals surface area contributed by atoms with E-state index in [1.54, 1.807) is 11.3 Å². The predicted molar refractivity (Wildman–Crippen MR) is 182 cm³/mol. The quantitative estimate of drug-likeness (QED) is 0.207. The van der Waals surface area contributed by atoms with Gasteiger partial charge in [0.15, 0.2) is 17.5 Å². The molecule has 0 unspecified atom stereocenters. The van der Waals surface area contributed by atoms with Crippen LogP contribution in [0.2, 0.25) is 0 Å². The molecule has 0 atom stereocenters. The maximum Gasteiger partial charge on any atom is 0.167 e. The molecule has 0 bridgehead atoms. The Morgan fingerprint density at radius 2 is 1.02 bits per heavy atom. The van der Waals surface area contributed by atoms with Crippen molar-refractivity contribution in [3.8, 4) is 45.3 Å². The summed E-state index contributed by atoms with van der Waals surface area (Å²) in [6, 6.07) is 47.9. The molecule has 5 heteroatoms. The van der Waals surface area contributed by atoms with E-state index in [9.17, 15) is 0 Å². The zero-order chi connectivity index (χ0) is 29.0. The number of nitrogens with zero attached hydrogens (tertiary/aromatic N) is 3.